The van der Waals surface area contributed by atoms with Gasteiger partial charge in [0.05, 0.1) is 0 Å². The molecule has 0 fully saturated rings. The summed E-state index contributed by atoms with van der Waals surface area (Å²) in [5.41, 5.74) is 1.27. The summed E-state index contributed by atoms with van der Waals surface area (Å²) in [6, 6.07) is 4.83. The monoisotopic (exact) mass is 212 g/mol. The Bertz CT molecular complexity index is 373. The number of carbonyl (C=O) groups is 1. The van der Waals surface area contributed by atoms with Crippen molar-refractivity contribution in [2.75, 3.05) is 0 Å². The fourth-order valence-corrected chi connectivity index (χ4v) is 1.09. The second kappa shape index (κ2) is 5.24. The van der Waals surface area contributed by atoms with Gasteiger partial charge in [-0.2, -0.15) is 8.78 Å². The van der Waals surface area contributed by atoms with Crippen LogP contribution in [-0.4, -0.2) is 12.9 Å². The molecule has 0 bridgehead atoms. The van der Waals surface area contributed by atoms with Crippen LogP contribution >= 0.6 is 0 Å². The van der Waals surface area contributed by atoms with Crippen LogP contribution in [0.2, 0.25) is 0 Å². The number of allylic oxidation sites excluding steroid dienone is 1. The van der Waals surface area contributed by atoms with E-state index in [1.54, 1.807) is 19.1 Å². The van der Waals surface area contributed by atoms with Crippen LogP contribution in [0.15, 0.2) is 24.3 Å². The highest BCUT2D eigenvalue weighted by Gasteiger charge is 2.06. The third kappa shape index (κ3) is 3.50. The zero-order chi connectivity index (χ0) is 11.3. The molecule has 0 saturated carbocycles. The highest BCUT2D eigenvalue weighted by Crippen LogP contribution is 2.22. The molecular weight excluding hydrogens is 202 g/mol. The number of hydrogen-bond acceptors (Lipinski definition) is 2. The fourth-order valence-electron chi connectivity index (χ4n) is 1.09. The van der Waals surface area contributed by atoms with Crippen LogP contribution in [0.25, 0.3) is 6.08 Å². The molecule has 0 radical (unpaired) electrons. The average Bonchev–Trinajstić information content (AvgIpc) is 2.18. The van der Waals surface area contributed by atoms with Crippen LogP contribution in [0, 0.1) is 6.92 Å². The molecular formula is C11H10F2O2. The van der Waals surface area contributed by atoms with Crippen LogP contribution in [0.4, 0.5) is 8.78 Å². The normalized spacial score (nSPS) is 10.9. The lowest BCUT2D eigenvalue weighted by atomic mass is 10.1. The maximum Gasteiger partial charge on any atom is 0.387 e. The van der Waals surface area contributed by atoms with Gasteiger partial charge in [0.1, 0.15) is 12.0 Å². The summed E-state index contributed by atoms with van der Waals surface area (Å²) in [4.78, 5) is 10.1. The first-order valence-electron chi connectivity index (χ1n) is 4.31. The van der Waals surface area contributed by atoms with E-state index in [0.717, 1.165) is 0 Å². The zero-order valence-electron chi connectivity index (χ0n) is 8.11. The Balaban J connectivity index is 2.94. The van der Waals surface area contributed by atoms with Crippen LogP contribution in [-0.2, 0) is 4.79 Å². The summed E-state index contributed by atoms with van der Waals surface area (Å²) >= 11 is 0. The lowest BCUT2D eigenvalue weighted by Gasteiger charge is -2.08. The van der Waals surface area contributed by atoms with E-state index in [1.165, 1.54) is 18.2 Å². The number of aryl methyl sites for hydroxylation is 1. The van der Waals surface area contributed by atoms with Gasteiger partial charge in [-0.3, -0.25) is 4.79 Å². The average molecular weight is 212 g/mol. The summed E-state index contributed by atoms with van der Waals surface area (Å²) in [7, 11) is 0. The highest BCUT2D eigenvalue weighted by molar-refractivity contribution is 5.74. The SMILES string of the molecule is Cc1ccc(/C=C/C=O)cc1OC(F)F. The molecule has 0 atom stereocenters. The van der Waals surface area contributed by atoms with Crippen molar-refractivity contribution < 1.29 is 18.3 Å². The molecule has 0 aliphatic rings. The van der Waals surface area contributed by atoms with Crippen LogP contribution in [0.1, 0.15) is 11.1 Å². The predicted octanol–water partition coefficient (Wildman–Crippen LogP) is 2.81. The summed E-state index contributed by atoms with van der Waals surface area (Å²) in [5, 5.41) is 0. The minimum atomic E-state index is -2.84. The van der Waals surface area contributed by atoms with Crippen LogP contribution in [0.5, 0.6) is 5.75 Å². The Morgan fingerprint density at radius 3 is 2.73 bits per heavy atom. The molecule has 0 N–H and O–H groups in total. The molecule has 2 nitrogen and oxygen atoms in total. The van der Waals surface area contributed by atoms with E-state index in [4.69, 9.17) is 0 Å². The van der Waals surface area contributed by atoms with Gasteiger partial charge in [-0.25, -0.2) is 0 Å². The van der Waals surface area contributed by atoms with E-state index in [0.29, 0.717) is 17.4 Å². The number of ether oxygens (including phenoxy) is 1. The van der Waals surface area contributed by atoms with Crippen molar-refractivity contribution >= 4 is 12.4 Å². The molecule has 1 aromatic rings. The first-order valence-corrected chi connectivity index (χ1v) is 4.31. The smallest absolute Gasteiger partial charge is 0.387 e. The number of rotatable bonds is 4. The molecule has 0 saturated heterocycles. The third-order valence-electron chi connectivity index (χ3n) is 1.80. The van der Waals surface area contributed by atoms with E-state index in [9.17, 15) is 13.6 Å². The number of halogens is 2. The van der Waals surface area contributed by atoms with Crippen molar-refractivity contribution in [3.05, 3.63) is 35.4 Å². The van der Waals surface area contributed by atoms with Crippen LogP contribution in [0.3, 0.4) is 0 Å². The number of hydrogen-bond donors (Lipinski definition) is 0. The molecule has 0 unspecified atom stereocenters. The minimum Gasteiger partial charge on any atom is -0.435 e. The number of carbonyl (C=O) groups excluding carboxylic acids is 1. The predicted molar refractivity (Wildman–Crippen MR) is 52.9 cm³/mol. The van der Waals surface area contributed by atoms with Crippen molar-refractivity contribution in [1.29, 1.82) is 0 Å². The summed E-state index contributed by atoms with van der Waals surface area (Å²) in [6.45, 7) is -1.17. The van der Waals surface area contributed by atoms with E-state index in [-0.39, 0.29) is 5.75 Å². The van der Waals surface area contributed by atoms with Crippen LogP contribution < -0.4 is 4.74 Å². The second-order valence-corrected chi connectivity index (χ2v) is 2.90. The lowest BCUT2D eigenvalue weighted by Crippen LogP contribution is -2.03. The molecule has 0 aromatic heterocycles. The van der Waals surface area contributed by atoms with Gasteiger partial charge in [-0.15, -0.1) is 0 Å². The fraction of sp³-hybridized carbons (Fsp3) is 0.182. The van der Waals surface area contributed by atoms with Gasteiger partial charge in [0.25, 0.3) is 0 Å². The van der Waals surface area contributed by atoms with Gasteiger partial charge in [0.15, 0.2) is 0 Å². The van der Waals surface area contributed by atoms with Crippen molar-refractivity contribution in [1.82, 2.24) is 0 Å². The number of alkyl halides is 2. The Labute approximate surface area is 86.2 Å². The molecule has 0 heterocycles. The van der Waals surface area contributed by atoms with E-state index in [1.807, 2.05) is 0 Å². The zero-order valence-corrected chi connectivity index (χ0v) is 8.11. The maximum absolute atomic E-state index is 12.0. The second-order valence-electron chi connectivity index (χ2n) is 2.90. The third-order valence-corrected chi connectivity index (χ3v) is 1.80. The number of benzene rings is 1. The Morgan fingerprint density at radius 2 is 2.13 bits per heavy atom. The first-order chi connectivity index (χ1) is 7.13. The van der Waals surface area contributed by atoms with Gasteiger partial charge in [0, 0.05) is 0 Å². The topological polar surface area (TPSA) is 26.3 Å². The Morgan fingerprint density at radius 1 is 1.40 bits per heavy atom. The summed E-state index contributed by atoms with van der Waals surface area (Å²) in [6.07, 6.45) is 3.43. The number of aldehydes is 1. The molecule has 0 aliphatic carbocycles. The van der Waals surface area contributed by atoms with Gasteiger partial charge in [-0.1, -0.05) is 18.2 Å². The van der Waals surface area contributed by atoms with Crippen molar-refractivity contribution in [3.8, 4) is 5.75 Å². The Kier molecular flexibility index (Phi) is 3.97. The molecule has 1 aromatic carbocycles. The Hall–Kier alpha value is -1.71. The van der Waals surface area contributed by atoms with Crippen molar-refractivity contribution in [3.63, 3.8) is 0 Å². The maximum atomic E-state index is 12.0. The van der Waals surface area contributed by atoms with E-state index < -0.39 is 6.61 Å². The van der Waals surface area contributed by atoms with E-state index >= 15 is 0 Å². The largest absolute Gasteiger partial charge is 0.435 e. The van der Waals surface area contributed by atoms with Crippen molar-refractivity contribution in [2.24, 2.45) is 0 Å². The quantitative estimate of drug-likeness (QED) is 0.566. The van der Waals surface area contributed by atoms with Gasteiger partial charge in [-0.05, 0) is 30.2 Å². The van der Waals surface area contributed by atoms with Gasteiger partial charge < -0.3 is 4.74 Å². The molecule has 4 heteroatoms. The summed E-state index contributed by atoms with van der Waals surface area (Å²) < 4.78 is 28.3. The van der Waals surface area contributed by atoms with Gasteiger partial charge in [0.2, 0.25) is 0 Å². The summed E-state index contributed by atoms with van der Waals surface area (Å²) in [5.74, 6) is 0.123. The standard InChI is InChI=1S/C11H10F2O2/c1-8-4-5-9(3-2-6-14)7-10(8)15-11(12)13/h2-7,11H,1H3/b3-2+. The van der Waals surface area contributed by atoms with E-state index in [2.05, 4.69) is 4.74 Å². The molecule has 0 spiro atoms. The first kappa shape index (κ1) is 11.4. The molecule has 80 valence electrons. The molecule has 0 amide bonds. The lowest BCUT2D eigenvalue weighted by molar-refractivity contribution is -0.104. The molecule has 0 aliphatic heterocycles. The van der Waals surface area contributed by atoms with Crippen molar-refractivity contribution in [2.45, 2.75) is 13.5 Å². The molecule has 1 rings (SSSR count). The molecule has 15 heavy (non-hydrogen) atoms. The highest BCUT2D eigenvalue weighted by atomic mass is 19.3. The minimum absolute atomic E-state index is 0.123. The van der Waals surface area contributed by atoms with Gasteiger partial charge >= 0.3 is 6.61 Å².